The van der Waals surface area contributed by atoms with Crippen molar-refractivity contribution in [3.8, 4) is 5.69 Å². The van der Waals surface area contributed by atoms with Crippen LogP contribution in [0.25, 0.3) is 5.69 Å². The normalized spacial score (nSPS) is 16.1. The highest BCUT2D eigenvalue weighted by molar-refractivity contribution is 5.75. The SMILES string of the molecule is CCCC(C(=O)OCC)N1CCN(c2ccc(-n3cnn(C(C)C)c3=O)cc2)CC1. The Bertz CT molecular complexity index is 879. The number of esters is 1. The molecule has 164 valence electrons. The lowest BCUT2D eigenvalue weighted by Gasteiger charge is -2.39. The van der Waals surface area contributed by atoms with Gasteiger partial charge in [-0.25, -0.2) is 14.0 Å². The Balaban J connectivity index is 1.65. The Morgan fingerprint density at radius 1 is 1.07 bits per heavy atom. The maximum Gasteiger partial charge on any atom is 0.350 e. The van der Waals surface area contributed by atoms with Gasteiger partial charge in [-0.3, -0.25) is 9.69 Å². The molecule has 0 N–H and O–H groups in total. The molecule has 30 heavy (non-hydrogen) atoms. The van der Waals surface area contributed by atoms with Gasteiger partial charge in [-0.05, 0) is 51.5 Å². The van der Waals surface area contributed by atoms with E-state index in [-0.39, 0.29) is 23.7 Å². The summed E-state index contributed by atoms with van der Waals surface area (Å²) in [5, 5.41) is 4.18. The van der Waals surface area contributed by atoms with Crippen LogP contribution in [0.3, 0.4) is 0 Å². The number of benzene rings is 1. The smallest absolute Gasteiger partial charge is 0.350 e. The van der Waals surface area contributed by atoms with Crippen LogP contribution in [0.5, 0.6) is 0 Å². The van der Waals surface area contributed by atoms with Crippen LogP contribution in [0.1, 0.15) is 46.6 Å². The summed E-state index contributed by atoms with van der Waals surface area (Å²) in [6.07, 6.45) is 3.35. The fourth-order valence-corrected chi connectivity index (χ4v) is 3.92. The van der Waals surface area contributed by atoms with Crippen molar-refractivity contribution in [2.45, 2.75) is 52.6 Å². The highest BCUT2D eigenvalue weighted by atomic mass is 16.5. The molecular formula is C22H33N5O3. The molecule has 1 aliphatic heterocycles. The second-order valence-electron chi connectivity index (χ2n) is 7.92. The zero-order valence-electron chi connectivity index (χ0n) is 18.5. The van der Waals surface area contributed by atoms with Crippen molar-refractivity contribution >= 4 is 11.7 Å². The molecule has 0 radical (unpaired) electrons. The highest BCUT2D eigenvalue weighted by Crippen LogP contribution is 2.20. The lowest BCUT2D eigenvalue weighted by molar-refractivity contribution is -0.150. The second-order valence-corrected chi connectivity index (χ2v) is 7.92. The van der Waals surface area contributed by atoms with Gasteiger partial charge in [0, 0.05) is 31.9 Å². The number of hydrogen-bond acceptors (Lipinski definition) is 6. The Kier molecular flexibility index (Phi) is 7.31. The first-order chi connectivity index (χ1) is 14.5. The van der Waals surface area contributed by atoms with Crippen LogP contribution >= 0.6 is 0 Å². The fraction of sp³-hybridized carbons (Fsp3) is 0.591. The fourth-order valence-electron chi connectivity index (χ4n) is 3.92. The van der Waals surface area contributed by atoms with Crippen molar-refractivity contribution < 1.29 is 9.53 Å². The van der Waals surface area contributed by atoms with E-state index in [1.165, 1.54) is 4.68 Å². The summed E-state index contributed by atoms with van der Waals surface area (Å²) in [6, 6.07) is 7.87. The summed E-state index contributed by atoms with van der Waals surface area (Å²) in [7, 11) is 0. The number of aromatic nitrogens is 3. The predicted octanol–water partition coefficient (Wildman–Crippen LogP) is 2.47. The average Bonchev–Trinajstić information content (AvgIpc) is 3.14. The number of carbonyl (C=O) groups is 1. The van der Waals surface area contributed by atoms with E-state index >= 15 is 0 Å². The lowest BCUT2D eigenvalue weighted by Crippen LogP contribution is -2.53. The molecule has 1 aliphatic rings. The standard InChI is InChI=1S/C22H33N5O3/c1-5-7-20(21(28)30-6-2)25-14-12-24(13-15-25)18-8-10-19(11-9-18)26-16-23-27(17(3)4)22(26)29/h8-11,16-17,20H,5-7,12-15H2,1-4H3. The van der Waals surface area contributed by atoms with Crippen LogP contribution in [-0.2, 0) is 9.53 Å². The Hall–Kier alpha value is -2.61. The Morgan fingerprint density at radius 3 is 2.23 bits per heavy atom. The summed E-state index contributed by atoms with van der Waals surface area (Å²) in [6.45, 7) is 11.6. The van der Waals surface area contributed by atoms with Gasteiger partial charge in [-0.2, -0.15) is 5.10 Å². The monoisotopic (exact) mass is 415 g/mol. The minimum Gasteiger partial charge on any atom is -0.465 e. The topological polar surface area (TPSA) is 72.6 Å². The molecule has 1 atom stereocenters. The van der Waals surface area contributed by atoms with Gasteiger partial charge in [-0.15, -0.1) is 0 Å². The molecule has 8 nitrogen and oxygen atoms in total. The molecule has 1 unspecified atom stereocenters. The van der Waals surface area contributed by atoms with E-state index in [1.807, 2.05) is 45.0 Å². The van der Waals surface area contributed by atoms with Gasteiger partial charge in [0.25, 0.3) is 0 Å². The van der Waals surface area contributed by atoms with Crippen LogP contribution in [0.15, 0.2) is 35.4 Å². The Labute approximate surface area is 178 Å². The number of carbonyl (C=O) groups excluding carboxylic acids is 1. The number of nitrogens with zero attached hydrogens (tertiary/aromatic N) is 5. The summed E-state index contributed by atoms with van der Waals surface area (Å²) in [4.78, 5) is 29.3. The Morgan fingerprint density at radius 2 is 1.70 bits per heavy atom. The number of rotatable bonds is 8. The summed E-state index contributed by atoms with van der Waals surface area (Å²) in [5.74, 6) is -0.107. The third-order valence-corrected chi connectivity index (χ3v) is 5.55. The molecule has 3 rings (SSSR count). The van der Waals surface area contributed by atoms with Gasteiger partial charge in [0.2, 0.25) is 0 Å². The number of ether oxygens (including phenoxy) is 1. The largest absolute Gasteiger partial charge is 0.465 e. The first-order valence-corrected chi connectivity index (χ1v) is 10.9. The van der Waals surface area contributed by atoms with Gasteiger partial charge in [-0.1, -0.05) is 13.3 Å². The van der Waals surface area contributed by atoms with Crippen LogP contribution in [0.2, 0.25) is 0 Å². The summed E-state index contributed by atoms with van der Waals surface area (Å²) in [5.41, 5.74) is 1.79. The molecule has 1 fully saturated rings. The van der Waals surface area contributed by atoms with Crippen LogP contribution in [-0.4, -0.2) is 64.0 Å². The van der Waals surface area contributed by atoms with E-state index in [0.29, 0.717) is 6.61 Å². The van der Waals surface area contributed by atoms with E-state index < -0.39 is 0 Å². The molecule has 0 bridgehead atoms. The molecule has 1 aromatic carbocycles. The van der Waals surface area contributed by atoms with Gasteiger partial charge < -0.3 is 9.64 Å². The highest BCUT2D eigenvalue weighted by Gasteiger charge is 2.29. The summed E-state index contributed by atoms with van der Waals surface area (Å²) >= 11 is 0. The minimum absolute atomic E-state index is 0.0282. The van der Waals surface area contributed by atoms with Gasteiger partial charge in [0.05, 0.1) is 18.3 Å². The second kappa shape index (κ2) is 9.93. The van der Waals surface area contributed by atoms with E-state index in [2.05, 4.69) is 21.8 Å². The molecule has 0 aliphatic carbocycles. The van der Waals surface area contributed by atoms with Crippen molar-refractivity contribution in [1.29, 1.82) is 0 Å². The molecule has 1 aromatic heterocycles. The maximum atomic E-state index is 12.5. The zero-order valence-corrected chi connectivity index (χ0v) is 18.5. The van der Waals surface area contributed by atoms with Gasteiger partial charge in [0.15, 0.2) is 0 Å². The van der Waals surface area contributed by atoms with Crippen LogP contribution in [0.4, 0.5) is 5.69 Å². The molecular weight excluding hydrogens is 382 g/mol. The average molecular weight is 416 g/mol. The van der Waals surface area contributed by atoms with Gasteiger partial charge >= 0.3 is 11.7 Å². The number of piperazine rings is 1. The lowest BCUT2D eigenvalue weighted by atomic mass is 10.1. The first-order valence-electron chi connectivity index (χ1n) is 10.9. The van der Waals surface area contributed by atoms with Crippen LogP contribution in [0, 0.1) is 0 Å². The van der Waals surface area contributed by atoms with Crippen molar-refractivity contribution in [2.75, 3.05) is 37.7 Å². The van der Waals surface area contributed by atoms with E-state index in [1.54, 1.807) is 10.9 Å². The van der Waals surface area contributed by atoms with Crippen molar-refractivity contribution in [3.05, 3.63) is 41.1 Å². The molecule has 0 saturated carbocycles. The first kappa shape index (κ1) is 22.1. The molecule has 2 aromatic rings. The summed E-state index contributed by atoms with van der Waals surface area (Å²) < 4.78 is 8.32. The number of anilines is 1. The molecule has 8 heteroatoms. The van der Waals surface area contributed by atoms with Crippen molar-refractivity contribution in [1.82, 2.24) is 19.2 Å². The third-order valence-electron chi connectivity index (χ3n) is 5.55. The number of hydrogen-bond donors (Lipinski definition) is 0. The maximum absolute atomic E-state index is 12.5. The van der Waals surface area contributed by atoms with Gasteiger partial charge in [0.1, 0.15) is 12.4 Å². The predicted molar refractivity (Wildman–Crippen MR) is 117 cm³/mol. The molecule has 2 heterocycles. The van der Waals surface area contributed by atoms with Crippen molar-refractivity contribution in [2.24, 2.45) is 0 Å². The van der Waals surface area contributed by atoms with Crippen LogP contribution < -0.4 is 10.6 Å². The molecule has 1 saturated heterocycles. The van der Waals surface area contributed by atoms with E-state index in [0.717, 1.165) is 50.4 Å². The molecule has 0 amide bonds. The van der Waals surface area contributed by atoms with Crippen molar-refractivity contribution in [3.63, 3.8) is 0 Å². The van der Waals surface area contributed by atoms with E-state index in [9.17, 15) is 9.59 Å². The molecule has 0 spiro atoms. The third kappa shape index (κ3) is 4.75. The van der Waals surface area contributed by atoms with E-state index in [4.69, 9.17) is 4.74 Å². The zero-order chi connectivity index (χ0) is 21.7. The quantitative estimate of drug-likeness (QED) is 0.617. The minimum atomic E-state index is -0.149.